The van der Waals surface area contributed by atoms with Crippen LogP contribution in [-0.4, -0.2) is 38.9 Å². The summed E-state index contributed by atoms with van der Waals surface area (Å²) in [5.41, 5.74) is 5.73. The van der Waals surface area contributed by atoms with Crippen LogP contribution in [0.1, 0.15) is 32.6 Å². The lowest BCUT2D eigenvalue weighted by molar-refractivity contribution is -0.120. The summed E-state index contributed by atoms with van der Waals surface area (Å²) in [6, 6.07) is 0. The monoisotopic (exact) mass is 262 g/mol. The minimum Gasteiger partial charge on any atom is -0.354 e. The fourth-order valence-corrected chi connectivity index (χ4v) is 2.66. The molecule has 17 heavy (non-hydrogen) atoms. The van der Waals surface area contributed by atoms with E-state index in [0.29, 0.717) is 13.1 Å². The average Bonchev–Trinajstić information content (AvgIpc) is 2.73. The molecule has 1 fully saturated rings. The van der Waals surface area contributed by atoms with Gasteiger partial charge in [0.05, 0.1) is 0 Å². The van der Waals surface area contributed by atoms with Gasteiger partial charge in [0.15, 0.2) is 9.84 Å². The summed E-state index contributed by atoms with van der Waals surface area (Å²) >= 11 is 0. The second kappa shape index (κ2) is 5.35. The second-order valence-electron chi connectivity index (χ2n) is 5.10. The maximum atomic E-state index is 11.7. The quantitative estimate of drug-likeness (QED) is 0.733. The van der Waals surface area contributed by atoms with Crippen molar-refractivity contribution in [2.45, 2.75) is 37.9 Å². The highest BCUT2D eigenvalue weighted by molar-refractivity contribution is 7.92. The van der Waals surface area contributed by atoms with Crippen LogP contribution in [0.25, 0.3) is 0 Å². The molecule has 1 atom stereocenters. The smallest absolute Gasteiger partial charge is 0.238 e. The molecule has 3 N–H and O–H groups in total. The molecule has 1 unspecified atom stereocenters. The van der Waals surface area contributed by atoms with Gasteiger partial charge in [-0.1, -0.05) is 12.8 Å². The summed E-state index contributed by atoms with van der Waals surface area (Å²) < 4.78 is 22.5. The molecule has 0 aromatic rings. The van der Waals surface area contributed by atoms with Gasteiger partial charge in [0.1, 0.15) is 5.25 Å². The van der Waals surface area contributed by atoms with E-state index in [0.717, 1.165) is 31.9 Å². The largest absolute Gasteiger partial charge is 0.354 e. The number of carbonyl (C=O) groups is 1. The van der Waals surface area contributed by atoms with Crippen LogP contribution in [-0.2, 0) is 14.6 Å². The summed E-state index contributed by atoms with van der Waals surface area (Å²) in [5, 5.41) is 1.74. The van der Waals surface area contributed by atoms with E-state index in [1.54, 1.807) is 0 Å². The van der Waals surface area contributed by atoms with E-state index in [-0.39, 0.29) is 5.41 Å². The van der Waals surface area contributed by atoms with E-state index >= 15 is 0 Å². The number of rotatable bonds is 5. The molecule has 0 aromatic heterocycles. The molecule has 1 amide bonds. The molecule has 1 rings (SSSR count). The highest BCUT2D eigenvalue weighted by Gasteiger charge is 2.34. The van der Waals surface area contributed by atoms with Gasteiger partial charge in [0.2, 0.25) is 5.91 Å². The molecule has 0 aromatic carbocycles. The van der Waals surface area contributed by atoms with Gasteiger partial charge in [-0.05, 0) is 31.7 Å². The Kier molecular flexibility index (Phi) is 4.55. The maximum Gasteiger partial charge on any atom is 0.238 e. The molecule has 5 nitrogen and oxygen atoms in total. The number of nitrogens with one attached hydrogen (secondary N) is 1. The molecule has 0 bridgehead atoms. The average molecular weight is 262 g/mol. The van der Waals surface area contributed by atoms with Gasteiger partial charge in [0, 0.05) is 12.8 Å². The second-order valence-corrected chi connectivity index (χ2v) is 7.47. The van der Waals surface area contributed by atoms with Crippen molar-refractivity contribution in [1.29, 1.82) is 0 Å². The van der Waals surface area contributed by atoms with Crippen LogP contribution < -0.4 is 11.1 Å². The molecular formula is C11H22N2O3S. The van der Waals surface area contributed by atoms with Gasteiger partial charge in [-0.15, -0.1) is 0 Å². The summed E-state index contributed by atoms with van der Waals surface area (Å²) in [6.45, 7) is 2.44. The van der Waals surface area contributed by atoms with Crippen molar-refractivity contribution in [2.24, 2.45) is 11.1 Å². The maximum absolute atomic E-state index is 11.7. The Morgan fingerprint density at radius 3 is 2.35 bits per heavy atom. The number of amides is 1. The topological polar surface area (TPSA) is 89.3 Å². The Morgan fingerprint density at radius 1 is 1.41 bits per heavy atom. The SMILES string of the molecule is CC(C(=O)NCC1(CN)CCCC1)S(C)(=O)=O. The number of sulfone groups is 1. The summed E-state index contributed by atoms with van der Waals surface area (Å²) in [7, 11) is -3.32. The number of hydrogen-bond donors (Lipinski definition) is 2. The van der Waals surface area contributed by atoms with Gasteiger partial charge in [-0.2, -0.15) is 0 Å². The Bertz CT molecular complexity index is 372. The van der Waals surface area contributed by atoms with Gasteiger partial charge in [0.25, 0.3) is 0 Å². The Hall–Kier alpha value is -0.620. The first-order valence-electron chi connectivity index (χ1n) is 5.97. The van der Waals surface area contributed by atoms with Crippen molar-refractivity contribution < 1.29 is 13.2 Å². The molecular weight excluding hydrogens is 240 g/mol. The molecule has 1 saturated carbocycles. The minimum atomic E-state index is -3.32. The van der Waals surface area contributed by atoms with Crippen LogP contribution in [0.3, 0.4) is 0 Å². The van der Waals surface area contributed by atoms with Crippen LogP contribution in [0, 0.1) is 5.41 Å². The molecule has 0 aliphatic heterocycles. The zero-order chi connectivity index (χ0) is 13.1. The van der Waals surface area contributed by atoms with Gasteiger partial charge < -0.3 is 11.1 Å². The first-order chi connectivity index (χ1) is 7.81. The van der Waals surface area contributed by atoms with Crippen molar-refractivity contribution in [2.75, 3.05) is 19.3 Å². The fourth-order valence-electron chi connectivity index (χ4n) is 2.19. The first-order valence-corrected chi connectivity index (χ1v) is 7.93. The zero-order valence-electron chi connectivity index (χ0n) is 10.5. The molecule has 1 aliphatic rings. The third-order valence-corrected chi connectivity index (χ3v) is 5.24. The van der Waals surface area contributed by atoms with Crippen molar-refractivity contribution in [3.63, 3.8) is 0 Å². The number of hydrogen-bond acceptors (Lipinski definition) is 4. The van der Waals surface area contributed by atoms with E-state index in [9.17, 15) is 13.2 Å². The minimum absolute atomic E-state index is 0.0209. The highest BCUT2D eigenvalue weighted by Crippen LogP contribution is 2.36. The zero-order valence-corrected chi connectivity index (χ0v) is 11.3. The molecule has 0 heterocycles. The van der Waals surface area contributed by atoms with E-state index in [4.69, 9.17) is 5.73 Å². The Balaban J connectivity index is 2.53. The van der Waals surface area contributed by atoms with Crippen LogP contribution in [0.4, 0.5) is 0 Å². The fraction of sp³-hybridized carbons (Fsp3) is 0.909. The number of nitrogens with two attached hydrogens (primary N) is 1. The molecule has 0 spiro atoms. The van der Waals surface area contributed by atoms with Crippen LogP contribution in [0.2, 0.25) is 0 Å². The predicted molar refractivity (Wildman–Crippen MR) is 67.3 cm³/mol. The van der Waals surface area contributed by atoms with Crippen LogP contribution in [0.15, 0.2) is 0 Å². The normalized spacial score (nSPS) is 21.1. The van der Waals surface area contributed by atoms with Gasteiger partial charge in [-0.3, -0.25) is 4.79 Å². The molecule has 1 aliphatic carbocycles. The summed E-state index contributed by atoms with van der Waals surface area (Å²) in [4.78, 5) is 11.7. The number of carbonyl (C=O) groups excluding carboxylic acids is 1. The van der Waals surface area contributed by atoms with Crippen molar-refractivity contribution in [3.05, 3.63) is 0 Å². The molecule has 100 valence electrons. The Labute approximate surface area is 103 Å². The van der Waals surface area contributed by atoms with Gasteiger partial charge >= 0.3 is 0 Å². The van der Waals surface area contributed by atoms with E-state index in [2.05, 4.69) is 5.32 Å². The third kappa shape index (κ3) is 3.67. The lowest BCUT2D eigenvalue weighted by Crippen LogP contribution is -2.45. The molecule has 0 radical (unpaired) electrons. The van der Waals surface area contributed by atoms with E-state index < -0.39 is 21.0 Å². The molecule has 0 saturated heterocycles. The van der Waals surface area contributed by atoms with Gasteiger partial charge in [-0.25, -0.2) is 8.42 Å². The lowest BCUT2D eigenvalue weighted by atomic mass is 9.86. The lowest BCUT2D eigenvalue weighted by Gasteiger charge is -2.27. The summed E-state index contributed by atoms with van der Waals surface area (Å²) in [5.74, 6) is -0.424. The predicted octanol–water partition coefficient (Wildman–Crippen LogP) is 0.0548. The van der Waals surface area contributed by atoms with Crippen molar-refractivity contribution in [3.8, 4) is 0 Å². The summed E-state index contributed by atoms with van der Waals surface area (Å²) in [6.07, 6.45) is 5.36. The van der Waals surface area contributed by atoms with Crippen molar-refractivity contribution in [1.82, 2.24) is 5.32 Å². The van der Waals surface area contributed by atoms with Crippen LogP contribution in [0.5, 0.6) is 0 Å². The van der Waals surface area contributed by atoms with E-state index in [1.807, 2.05) is 0 Å². The van der Waals surface area contributed by atoms with E-state index in [1.165, 1.54) is 6.92 Å². The van der Waals surface area contributed by atoms with Crippen molar-refractivity contribution >= 4 is 15.7 Å². The molecule has 6 heteroatoms. The van der Waals surface area contributed by atoms with Crippen LogP contribution >= 0.6 is 0 Å². The first kappa shape index (κ1) is 14.4. The highest BCUT2D eigenvalue weighted by atomic mass is 32.2. The Morgan fingerprint density at radius 2 is 1.94 bits per heavy atom. The third-order valence-electron chi connectivity index (χ3n) is 3.75. The standard InChI is InChI=1S/C11H22N2O3S/c1-9(17(2,15)16)10(14)13-8-11(7-12)5-3-4-6-11/h9H,3-8,12H2,1-2H3,(H,13,14).